The molecule has 66 valence electrons. The third kappa shape index (κ3) is 2.21. The van der Waals surface area contributed by atoms with Crippen LogP contribution in [0.2, 0.25) is 5.15 Å². The van der Waals surface area contributed by atoms with E-state index in [0.717, 1.165) is 0 Å². The van der Waals surface area contributed by atoms with Gasteiger partial charge in [-0.15, -0.1) is 0 Å². The van der Waals surface area contributed by atoms with Crippen molar-refractivity contribution in [3.63, 3.8) is 0 Å². The van der Waals surface area contributed by atoms with E-state index in [0.29, 0.717) is 3.57 Å². The summed E-state index contributed by atoms with van der Waals surface area (Å²) in [6.45, 7) is 0. The lowest BCUT2D eigenvalue weighted by Gasteiger charge is -1.99. The molecule has 0 unspecified atom stereocenters. The van der Waals surface area contributed by atoms with Gasteiger partial charge in [0.25, 0.3) is 9.05 Å². The Labute approximate surface area is 92.6 Å². The van der Waals surface area contributed by atoms with Gasteiger partial charge in [-0.05, 0) is 28.7 Å². The summed E-state index contributed by atoms with van der Waals surface area (Å²) in [4.78, 5) is 3.68. The highest BCUT2D eigenvalue weighted by Crippen LogP contribution is 2.25. The first-order valence-electron chi connectivity index (χ1n) is 2.67. The minimum Gasteiger partial charge on any atom is -0.243 e. The number of hydrogen-bond donors (Lipinski definition) is 0. The lowest BCUT2D eigenvalue weighted by Crippen LogP contribution is -1.95. The first-order chi connectivity index (χ1) is 5.43. The highest BCUT2D eigenvalue weighted by molar-refractivity contribution is 14.1. The monoisotopic (exact) mass is 337 g/mol. The molecule has 0 saturated heterocycles. The second-order valence-corrected chi connectivity index (χ2v) is 5.82. The fraction of sp³-hybridized carbons (Fsp3) is 0. The van der Waals surface area contributed by atoms with Crippen LogP contribution in [0.4, 0.5) is 0 Å². The van der Waals surface area contributed by atoms with Crippen LogP contribution in [-0.4, -0.2) is 13.4 Å². The average molecular weight is 338 g/mol. The molecule has 0 aliphatic carbocycles. The standard InChI is InChI=1S/C5H2Cl2INO2S/c6-5-4(8)3(1-2-9-5)12(7,10)11/h1-2H. The normalized spacial score (nSPS) is 11.6. The summed E-state index contributed by atoms with van der Waals surface area (Å²) in [5, 5.41) is 0.136. The van der Waals surface area contributed by atoms with Crippen molar-refractivity contribution in [2.24, 2.45) is 0 Å². The lowest BCUT2D eigenvalue weighted by molar-refractivity contribution is 0.609. The fourth-order valence-electron chi connectivity index (χ4n) is 0.590. The molecule has 1 heterocycles. The Hall–Kier alpha value is 0.410. The Morgan fingerprint density at radius 1 is 1.50 bits per heavy atom. The van der Waals surface area contributed by atoms with Gasteiger partial charge in [-0.1, -0.05) is 11.6 Å². The number of hydrogen-bond acceptors (Lipinski definition) is 3. The van der Waals surface area contributed by atoms with E-state index in [1.807, 2.05) is 0 Å². The minimum absolute atomic E-state index is 0.00948. The molecular weight excluding hydrogens is 336 g/mol. The molecule has 7 heteroatoms. The molecule has 0 amide bonds. The van der Waals surface area contributed by atoms with E-state index in [1.54, 1.807) is 22.6 Å². The van der Waals surface area contributed by atoms with Crippen molar-refractivity contribution in [3.8, 4) is 0 Å². The van der Waals surface area contributed by atoms with Crippen molar-refractivity contribution in [1.29, 1.82) is 0 Å². The van der Waals surface area contributed by atoms with Crippen molar-refractivity contribution in [2.75, 3.05) is 0 Å². The fourth-order valence-corrected chi connectivity index (χ4v) is 3.30. The van der Waals surface area contributed by atoms with Crippen molar-refractivity contribution < 1.29 is 8.42 Å². The maximum absolute atomic E-state index is 10.9. The smallest absolute Gasteiger partial charge is 0.243 e. The quantitative estimate of drug-likeness (QED) is 0.448. The van der Waals surface area contributed by atoms with Crippen LogP contribution in [0.15, 0.2) is 17.2 Å². The molecule has 0 spiro atoms. The molecule has 3 nitrogen and oxygen atoms in total. The van der Waals surface area contributed by atoms with Crippen molar-refractivity contribution in [3.05, 3.63) is 21.0 Å². The number of halogens is 3. The summed E-state index contributed by atoms with van der Waals surface area (Å²) < 4.78 is 22.1. The molecule has 1 rings (SSSR count). The van der Waals surface area contributed by atoms with Gasteiger partial charge in [0.1, 0.15) is 10.0 Å². The maximum atomic E-state index is 10.9. The van der Waals surface area contributed by atoms with Crippen LogP contribution in [-0.2, 0) is 9.05 Å². The van der Waals surface area contributed by atoms with Crippen LogP contribution in [0.1, 0.15) is 0 Å². The van der Waals surface area contributed by atoms with Crippen molar-refractivity contribution in [2.45, 2.75) is 4.90 Å². The molecule has 1 aromatic heterocycles. The van der Waals surface area contributed by atoms with Crippen LogP contribution in [0.5, 0.6) is 0 Å². The zero-order valence-corrected chi connectivity index (χ0v) is 9.95. The van der Waals surface area contributed by atoms with Gasteiger partial charge >= 0.3 is 0 Å². The van der Waals surface area contributed by atoms with Crippen molar-refractivity contribution >= 4 is 53.9 Å². The average Bonchev–Trinajstić information content (AvgIpc) is 1.92. The summed E-state index contributed by atoms with van der Waals surface area (Å²) in [5.74, 6) is 0. The van der Waals surface area contributed by atoms with Gasteiger partial charge in [-0.25, -0.2) is 13.4 Å². The predicted molar refractivity (Wildman–Crippen MR) is 55.0 cm³/mol. The molecule has 0 atom stereocenters. The lowest BCUT2D eigenvalue weighted by atomic mass is 10.5. The molecule has 1 aromatic rings. The summed E-state index contributed by atoms with van der Waals surface area (Å²) in [7, 11) is 1.40. The zero-order chi connectivity index (χ0) is 9.35. The van der Waals surface area contributed by atoms with E-state index >= 15 is 0 Å². The van der Waals surface area contributed by atoms with Crippen molar-refractivity contribution in [1.82, 2.24) is 4.98 Å². The molecule has 0 fully saturated rings. The van der Waals surface area contributed by atoms with Crippen LogP contribution in [0.3, 0.4) is 0 Å². The number of pyridine rings is 1. The first-order valence-corrected chi connectivity index (χ1v) is 6.44. The summed E-state index contributed by atoms with van der Waals surface area (Å²) >= 11 is 7.35. The molecule has 0 aliphatic heterocycles. The van der Waals surface area contributed by atoms with Gasteiger partial charge in [0, 0.05) is 16.9 Å². The Bertz CT molecular complexity index is 406. The van der Waals surface area contributed by atoms with E-state index in [9.17, 15) is 8.42 Å². The molecule has 0 bridgehead atoms. The molecule has 0 saturated carbocycles. The third-order valence-electron chi connectivity index (χ3n) is 1.07. The molecule has 0 aliphatic rings. The minimum atomic E-state index is -3.72. The van der Waals surface area contributed by atoms with Crippen LogP contribution >= 0.6 is 44.9 Å². The Balaban J connectivity index is 3.47. The van der Waals surface area contributed by atoms with Crippen LogP contribution in [0.25, 0.3) is 0 Å². The zero-order valence-electron chi connectivity index (χ0n) is 5.46. The molecular formula is C5H2Cl2INO2S. The number of aromatic nitrogens is 1. The highest BCUT2D eigenvalue weighted by atomic mass is 127. The van der Waals surface area contributed by atoms with E-state index in [-0.39, 0.29) is 10.0 Å². The third-order valence-corrected chi connectivity index (χ3v) is 4.50. The van der Waals surface area contributed by atoms with Gasteiger partial charge in [0.05, 0.1) is 3.57 Å². The number of rotatable bonds is 1. The molecule has 12 heavy (non-hydrogen) atoms. The van der Waals surface area contributed by atoms with Gasteiger partial charge in [-0.3, -0.25) is 0 Å². The second kappa shape index (κ2) is 3.65. The van der Waals surface area contributed by atoms with Crippen LogP contribution < -0.4 is 0 Å². The van der Waals surface area contributed by atoms with Gasteiger partial charge in [0.15, 0.2) is 0 Å². The first kappa shape index (κ1) is 10.5. The van der Waals surface area contributed by atoms with Gasteiger partial charge in [0.2, 0.25) is 0 Å². The molecule has 0 radical (unpaired) electrons. The SMILES string of the molecule is O=S(=O)(Cl)c1ccnc(Cl)c1I. The van der Waals surface area contributed by atoms with Gasteiger partial charge < -0.3 is 0 Å². The maximum Gasteiger partial charge on any atom is 0.262 e. The largest absolute Gasteiger partial charge is 0.262 e. The summed E-state index contributed by atoms with van der Waals surface area (Å²) in [6.07, 6.45) is 1.29. The topological polar surface area (TPSA) is 47.0 Å². The molecule has 0 aromatic carbocycles. The number of nitrogens with zero attached hydrogens (tertiary/aromatic N) is 1. The Morgan fingerprint density at radius 3 is 2.50 bits per heavy atom. The van der Waals surface area contributed by atoms with E-state index < -0.39 is 9.05 Å². The van der Waals surface area contributed by atoms with E-state index in [1.165, 1.54) is 12.3 Å². The van der Waals surface area contributed by atoms with Gasteiger partial charge in [-0.2, -0.15) is 0 Å². The summed E-state index contributed by atoms with van der Waals surface area (Å²) in [5.41, 5.74) is 0. The second-order valence-electron chi connectivity index (χ2n) is 1.85. The summed E-state index contributed by atoms with van der Waals surface area (Å²) in [6, 6.07) is 1.30. The Morgan fingerprint density at radius 2 is 2.08 bits per heavy atom. The highest BCUT2D eigenvalue weighted by Gasteiger charge is 2.16. The van der Waals surface area contributed by atoms with Crippen LogP contribution in [0, 0.1) is 3.57 Å². The predicted octanol–water partition coefficient (Wildman–Crippen LogP) is 2.27. The molecule has 0 N–H and O–H groups in total. The van der Waals surface area contributed by atoms with E-state index in [2.05, 4.69) is 4.98 Å². The van der Waals surface area contributed by atoms with E-state index in [4.69, 9.17) is 22.3 Å². The Kier molecular flexibility index (Phi) is 3.19.